The van der Waals surface area contributed by atoms with Gasteiger partial charge in [-0.2, -0.15) is 0 Å². The van der Waals surface area contributed by atoms with Crippen molar-refractivity contribution in [1.29, 1.82) is 0 Å². The number of aromatic hydroxyl groups is 1. The molecule has 0 heterocycles. The summed E-state index contributed by atoms with van der Waals surface area (Å²) in [5.41, 5.74) is 2.16. The molecule has 0 saturated heterocycles. The van der Waals surface area contributed by atoms with Crippen molar-refractivity contribution in [2.45, 2.75) is 16.3 Å². The molecule has 0 spiro atoms. The van der Waals surface area contributed by atoms with Crippen LogP contribution in [0.4, 0.5) is 5.69 Å². The standard InChI is InChI=1S/C19H15Br2NOS/c20-16-10-14(11-17(21)19(16)23)22-12-13-6-4-5-9-18(13)24-15-7-2-1-3-8-15/h1-11,22-23H,12H2. The van der Waals surface area contributed by atoms with Crippen molar-refractivity contribution >= 4 is 49.3 Å². The Morgan fingerprint density at radius 2 is 1.50 bits per heavy atom. The van der Waals surface area contributed by atoms with Crippen molar-refractivity contribution in [3.63, 3.8) is 0 Å². The summed E-state index contributed by atoms with van der Waals surface area (Å²) >= 11 is 8.48. The smallest absolute Gasteiger partial charge is 0.144 e. The van der Waals surface area contributed by atoms with Crippen LogP contribution < -0.4 is 5.32 Å². The summed E-state index contributed by atoms with van der Waals surface area (Å²) in [6.45, 7) is 0.708. The molecule has 0 aliphatic carbocycles. The topological polar surface area (TPSA) is 32.3 Å². The zero-order chi connectivity index (χ0) is 16.9. The van der Waals surface area contributed by atoms with Gasteiger partial charge in [-0.1, -0.05) is 48.2 Å². The van der Waals surface area contributed by atoms with E-state index in [-0.39, 0.29) is 5.75 Å². The maximum atomic E-state index is 9.80. The summed E-state index contributed by atoms with van der Waals surface area (Å²) in [6.07, 6.45) is 0. The fourth-order valence-electron chi connectivity index (χ4n) is 2.23. The van der Waals surface area contributed by atoms with Crippen LogP contribution >= 0.6 is 43.6 Å². The van der Waals surface area contributed by atoms with E-state index in [1.54, 1.807) is 11.8 Å². The molecular weight excluding hydrogens is 450 g/mol. The molecule has 5 heteroatoms. The van der Waals surface area contributed by atoms with E-state index in [2.05, 4.69) is 85.7 Å². The van der Waals surface area contributed by atoms with Gasteiger partial charge in [0, 0.05) is 22.0 Å². The van der Waals surface area contributed by atoms with Gasteiger partial charge in [0.15, 0.2) is 0 Å². The van der Waals surface area contributed by atoms with Gasteiger partial charge in [0.25, 0.3) is 0 Å². The molecule has 0 radical (unpaired) electrons. The number of phenols is 1. The Kier molecular flexibility index (Phi) is 5.87. The van der Waals surface area contributed by atoms with E-state index in [1.807, 2.05) is 18.2 Å². The molecule has 0 atom stereocenters. The number of hydrogen-bond acceptors (Lipinski definition) is 3. The average molecular weight is 465 g/mol. The minimum atomic E-state index is 0.209. The molecule has 0 amide bonds. The first-order chi connectivity index (χ1) is 11.6. The lowest BCUT2D eigenvalue weighted by atomic mass is 10.2. The second-order valence-corrected chi connectivity index (χ2v) is 7.99. The van der Waals surface area contributed by atoms with Gasteiger partial charge < -0.3 is 10.4 Å². The Labute approximate surface area is 162 Å². The first kappa shape index (κ1) is 17.4. The zero-order valence-electron chi connectivity index (χ0n) is 12.7. The highest BCUT2D eigenvalue weighted by atomic mass is 79.9. The van der Waals surface area contributed by atoms with E-state index in [0.717, 1.165) is 5.69 Å². The third kappa shape index (κ3) is 4.35. The summed E-state index contributed by atoms with van der Waals surface area (Å²) < 4.78 is 1.32. The predicted octanol–water partition coefficient (Wildman–Crippen LogP) is 6.68. The summed E-state index contributed by atoms with van der Waals surface area (Å²) in [4.78, 5) is 2.45. The highest BCUT2D eigenvalue weighted by molar-refractivity contribution is 9.11. The van der Waals surface area contributed by atoms with Crippen molar-refractivity contribution in [3.8, 4) is 5.75 Å². The minimum absolute atomic E-state index is 0.209. The molecular formula is C19H15Br2NOS. The highest BCUT2D eigenvalue weighted by Crippen LogP contribution is 2.36. The van der Waals surface area contributed by atoms with E-state index in [4.69, 9.17) is 0 Å². The van der Waals surface area contributed by atoms with E-state index in [9.17, 15) is 5.11 Å². The fraction of sp³-hybridized carbons (Fsp3) is 0.0526. The third-order valence-electron chi connectivity index (χ3n) is 3.44. The lowest BCUT2D eigenvalue weighted by molar-refractivity contribution is 0.468. The molecule has 2 N–H and O–H groups in total. The van der Waals surface area contributed by atoms with Crippen LogP contribution in [-0.2, 0) is 6.54 Å². The van der Waals surface area contributed by atoms with Crippen LogP contribution in [-0.4, -0.2) is 5.11 Å². The lowest BCUT2D eigenvalue weighted by Gasteiger charge is -2.12. The van der Waals surface area contributed by atoms with Gasteiger partial charge in [0.1, 0.15) is 5.75 Å². The molecule has 0 aliphatic heterocycles. The number of nitrogens with one attached hydrogen (secondary N) is 1. The van der Waals surface area contributed by atoms with Gasteiger partial charge in [-0.05, 0) is 67.8 Å². The van der Waals surface area contributed by atoms with Gasteiger partial charge in [-0.25, -0.2) is 0 Å². The van der Waals surface area contributed by atoms with E-state index in [0.29, 0.717) is 15.5 Å². The number of phenolic OH excluding ortho intramolecular Hbond substituents is 1. The summed E-state index contributed by atoms with van der Waals surface area (Å²) in [6, 6.07) is 22.5. The molecule has 0 aliphatic rings. The summed E-state index contributed by atoms with van der Waals surface area (Å²) in [7, 11) is 0. The Balaban J connectivity index is 1.76. The monoisotopic (exact) mass is 463 g/mol. The number of benzene rings is 3. The largest absolute Gasteiger partial charge is 0.506 e. The minimum Gasteiger partial charge on any atom is -0.506 e. The normalized spacial score (nSPS) is 10.6. The van der Waals surface area contributed by atoms with Gasteiger partial charge in [-0.3, -0.25) is 0 Å². The Morgan fingerprint density at radius 1 is 0.875 bits per heavy atom. The fourth-order valence-corrected chi connectivity index (χ4v) is 4.38. The van der Waals surface area contributed by atoms with Crippen LogP contribution in [0.25, 0.3) is 0 Å². The molecule has 3 aromatic carbocycles. The van der Waals surface area contributed by atoms with Gasteiger partial charge in [-0.15, -0.1) is 0 Å². The predicted molar refractivity (Wildman–Crippen MR) is 108 cm³/mol. The molecule has 3 rings (SSSR count). The van der Waals surface area contributed by atoms with E-state index < -0.39 is 0 Å². The second-order valence-electron chi connectivity index (χ2n) is 5.16. The summed E-state index contributed by atoms with van der Waals surface area (Å²) in [5, 5.41) is 13.2. The van der Waals surface area contributed by atoms with Crippen LogP contribution in [0.3, 0.4) is 0 Å². The van der Waals surface area contributed by atoms with Crippen molar-refractivity contribution in [1.82, 2.24) is 0 Å². The lowest BCUT2D eigenvalue weighted by Crippen LogP contribution is -2.01. The number of hydrogen-bond donors (Lipinski definition) is 2. The Bertz CT molecular complexity index is 817. The molecule has 0 unspecified atom stereocenters. The molecule has 0 saturated carbocycles. The summed E-state index contributed by atoms with van der Waals surface area (Å²) in [5.74, 6) is 0.209. The van der Waals surface area contributed by atoms with Crippen LogP contribution in [0.1, 0.15) is 5.56 Å². The molecule has 24 heavy (non-hydrogen) atoms. The maximum absolute atomic E-state index is 9.80. The first-order valence-electron chi connectivity index (χ1n) is 7.36. The Hall–Kier alpha value is -1.43. The molecule has 0 bridgehead atoms. The molecule has 122 valence electrons. The number of halogens is 2. The number of anilines is 1. The van der Waals surface area contributed by atoms with Gasteiger partial charge in [0.05, 0.1) is 8.95 Å². The van der Waals surface area contributed by atoms with Crippen molar-refractivity contribution in [2.75, 3.05) is 5.32 Å². The quantitative estimate of drug-likeness (QED) is 0.413. The van der Waals surface area contributed by atoms with Crippen molar-refractivity contribution < 1.29 is 5.11 Å². The average Bonchev–Trinajstić information content (AvgIpc) is 2.60. The van der Waals surface area contributed by atoms with Crippen LogP contribution in [0.5, 0.6) is 5.75 Å². The molecule has 0 aromatic heterocycles. The SMILES string of the molecule is Oc1c(Br)cc(NCc2ccccc2Sc2ccccc2)cc1Br. The van der Waals surface area contributed by atoms with Crippen molar-refractivity contribution in [2.24, 2.45) is 0 Å². The maximum Gasteiger partial charge on any atom is 0.144 e. The highest BCUT2D eigenvalue weighted by Gasteiger charge is 2.07. The molecule has 0 fully saturated rings. The molecule has 3 aromatic rings. The van der Waals surface area contributed by atoms with Crippen molar-refractivity contribution in [3.05, 3.63) is 81.2 Å². The first-order valence-corrected chi connectivity index (χ1v) is 9.76. The number of rotatable bonds is 5. The van der Waals surface area contributed by atoms with Gasteiger partial charge >= 0.3 is 0 Å². The second kappa shape index (κ2) is 8.10. The van der Waals surface area contributed by atoms with Gasteiger partial charge in [0.2, 0.25) is 0 Å². The zero-order valence-corrected chi connectivity index (χ0v) is 16.7. The van der Waals surface area contributed by atoms with E-state index in [1.165, 1.54) is 15.4 Å². The van der Waals surface area contributed by atoms with E-state index >= 15 is 0 Å². The Morgan fingerprint density at radius 3 is 2.21 bits per heavy atom. The van der Waals surface area contributed by atoms with Crippen LogP contribution in [0, 0.1) is 0 Å². The van der Waals surface area contributed by atoms with Crippen LogP contribution in [0.15, 0.2) is 85.5 Å². The third-order valence-corrected chi connectivity index (χ3v) is 5.78. The molecule has 2 nitrogen and oxygen atoms in total. The van der Waals surface area contributed by atoms with Crippen LogP contribution in [0.2, 0.25) is 0 Å².